The third-order valence-electron chi connectivity index (χ3n) is 6.16. The van der Waals surface area contributed by atoms with Crippen LogP contribution in [0.4, 0.5) is 5.69 Å². The summed E-state index contributed by atoms with van der Waals surface area (Å²) in [6.07, 6.45) is 2.14. The molecule has 0 aliphatic rings. The fraction of sp³-hybridized carbons (Fsp3) is 0.520. The number of nitrogens with zero attached hydrogens (tertiary/aromatic N) is 1. The van der Waals surface area contributed by atoms with Gasteiger partial charge in [-0.15, -0.1) is 0 Å². The van der Waals surface area contributed by atoms with E-state index in [1.807, 2.05) is 19.1 Å². The smallest absolute Gasteiger partial charge is 0.123 e. The molecule has 0 heterocycles. The van der Waals surface area contributed by atoms with E-state index in [0.717, 1.165) is 29.9 Å². The Bertz CT molecular complexity index is 841. The first kappa shape index (κ1) is 22.9. The summed E-state index contributed by atoms with van der Waals surface area (Å²) in [4.78, 5) is 0. The Morgan fingerprint density at radius 2 is 1.52 bits per heavy atom. The van der Waals surface area contributed by atoms with E-state index in [9.17, 15) is 0 Å². The summed E-state index contributed by atoms with van der Waals surface area (Å²) in [6.45, 7) is 16.5. The minimum absolute atomic E-state index is 0.0444. The molecule has 0 saturated heterocycles. The zero-order valence-corrected chi connectivity index (χ0v) is 19.1. The molecule has 0 bridgehead atoms. The van der Waals surface area contributed by atoms with Crippen LogP contribution in [0, 0.1) is 12.5 Å². The van der Waals surface area contributed by atoms with E-state index in [1.165, 1.54) is 11.1 Å². The second-order valence-electron chi connectivity index (χ2n) is 8.94. The van der Waals surface area contributed by atoms with Crippen LogP contribution in [0.3, 0.4) is 0 Å². The Kier molecular flexibility index (Phi) is 7.45. The van der Waals surface area contributed by atoms with Crippen molar-refractivity contribution in [3.8, 4) is 11.5 Å². The Balaban J connectivity index is 2.11. The predicted molar refractivity (Wildman–Crippen MR) is 120 cm³/mol. The number of hydrogen-bond donors (Lipinski definition) is 1. The van der Waals surface area contributed by atoms with Gasteiger partial charge in [0, 0.05) is 5.56 Å². The molecule has 0 aromatic heterocycles. The Morgan fingerprint density at radius 3 is 2.10 bits per heavy atom. The molecule has 2 aromatic rings. The largest absolute Gasteiger partial charge is 0.490 e. The van der Waals surface area contributed by atoms with Gasteiger partial charge in [-0.05, 0) is 66.0 Å². The van der Waals surface area contributed by atoms with Crippen molar-refractivity contribution >= 4 is 5.69 Å². The molecule has 0 unspecified atom stereocenters. The fourth-order valence-corrected chi connectivity index (χ4v) is 3.15. The Hall–Kier alpha value is -2.36. The van der Waals surface area contributed by atoms with Crippen LogP contribution in [0.25, 0.3) is 0 Å². The lowest BCUT2D eigenvalue weighted by molar-refractivity contribution is 0.213. The maximum atomic E-state index is 7.13. The summed E-state index contributed by atoms with van der Waals surface area (Å²) in [5.74, 6) is 1.71. The van der Waals surface area contributed by atoms with Crippen LogP contribution in [0.5, 0.6) is 11.5 Å². The SMILES string of the molecule is CCC(C)(C)c1ccc(OCCOc2ccc(N=N)c(C)c2)c(C(C)(C)CC)c1. The molecule has 2 rings (SSSR count). The highest BCUT2D eigenvalue weighted by molar-refractivity contribution is 5.48. The Morgan fingerprint density at radius 1 is 0.862 bits per heavy atom. The van der Waals surface area contributed by atoms with Crippen LogP contribution >= 0.6 is 0 Å². The highest BCUT2D eigenvalue weighted by Crippen LogP contribution is 2.38. The molecule has 0 fully saturated rings. The maximum Gasteiger partial charge on any atom is 0.123 e. The zero-order valence-electron chi connectivity index (χ0n) is 19.1. The fourth-order valence-electron chi connectivity index (χ4n) is 3.15. The van der Waals surface area contributed by atoms with Gasteiger partial charge < -0.3 is 9.47 Å². The molecule has 158 valence electrons. The molecule has 4 nitrogen and oxygen atoms in total. The van der Waals surface area contributed by atoms with Gasteiger partial charge in [0.05, 0.1) is 5.69 Å². The summed E-state index contributed by atoms with van der Waals surface area (Å²) in [5.41, 5.74) is 11.5. The number of aryl methyl sites for hydroxylation is 1. The van der Waals surface area contributed by atoms with E-state index >= 15 is 0 Å². The number of nitrogens with one attached hydrogen (secondary N) is 1. The second-order valence-corrected chi connectivity index (χ2v) is 8.94. The third-order valence-corrected chi connectivity index (χ3v) is 6.16. The number of benzene rings is 2. The van der Waals surface area contributed by atoms with Gasteiger partial charge in [-0.1, -0.05) is 53.7 Å². The van der Waals surface area contributed by atoms with Gasteiger partial charge in [0.25, 0.3) is 0 Å². The summed E-state index contributed by atoms with van der Waals surface area (Å²) < 4.78 is 12.0. The van der Waals surface area contributed by atoms with Crippen LogP contribution in [-0.2, 0) is 10.8 Å². The van der Waals surface area contributed by atoms with Crippen molar-refractivity contribution in [3.05, 3.63) is 53.1 Å². The van der Waals surface area contributed by atoms with Gasteiger partial charge in [0.2, 0.25) is 0 Å². The van der Waals surface area contributed by atoms with E-state index in [0.29, 0.717) is 18.9 Å². The van der Waals surface area contributed by atoms with Gasteiger partial charge in [-0.25, -0.2) is 5.53 Å². The first-order valence-corrected chi connectivity index (χ1v) is 10.5. The van der Waals surface area contributed by atoms with Crippen molar-refractivity contribution in [3.63, 3.8) is 0 Å². The molecule has 0 aliphatic heterocycles. The first-order valence-electron chi connectivity index (χ1n) is 10.5. The lowest BCUT2D eigenvalue weighted by Gasteiger charge is -2.30. The van der Waals surface area contributed by atoms with Crippen molar-refractivity contribution in [2.75, 3.05) is 13.2 Å². The summed E-state index contributed by atoms with van der Waals surface area (Å²) >= 11 is 0. The van der Waals surface area contributed by atoms with E-state index in [-0.39, 0.29) is 10.8 Å². The van der Waals surface area contributed by atoms with Crippen molar-refractivity contribution < 1.29 is 9.47 Å². The summed E-state index contributed by atoms with van der Waals surface area (Å²) in [7, 11) is 0. The second kappa shape index (κ2) is 9.43. The van der Waals surface area contributed by atoms with Gasteiger partial charge in [0.1, 0.15) is 24.7 Å². The molecule has 0 atom stereocenters. The minimum atomic E-state index is 0.0444. The van der Waals surface area contributed by atoms with Crippen molar-refractivity contribution in [1.82, 2.24) is 0 Å². The minimum Gasteiger partial charge on any atom is -0.490 e. The topological polar surface area (TPSA) is 54.7 Å². The van der Waals surface area contributed by atoms with Gasteiger partial charge in [-0.2, -0.15) is 5.11 Å². The lowest BCUT2D eigenvalue weighted by atomic mass is 9.76. The quantitative estimate of drug-likeness (QED) is 0.334. The van der Waals surface area contributed by atoms with E-state index in [4.69, 9.17) is 15.0 Å². The van der Waals surface area contributed by atoms with Crippen LogP contribution in [0.1, 0.15) is 71.1 Å². The molecule has 0 radical (unpaired) electrons. The molecule has 29 heavy (non-hydrogen) atoms. The normalized spacial score (nSPS) is 12.0. The van der Waals surface area contributed by atoms with Crippen LogP contribution in [-0.4, -0.2) is 13.2 Å². The maximum absolute atomic E-state index is 7.13. The van der Waals surface area contributed by atoms with Crippen LogP contribution < -0.4 is 9.47 Å². The molecule has 4 heteroatoms. The van der Waals surface area contributed by atoms with Crippen LogP contribution in [0.2, 0.25) is 0 Å². The Labute approximate surface area is 176 Å². The van der Waals surface area contributed by atoms with Crippen molar-refractivity contribution in [2.24, 2.45) is 5.11 Å². The molecule has 0 saturated carbocycles. The van der Waals surface area contributed by atoms with Gasteiger partial charge >= 0.3 is 0 Å². The predicted octanol–water partition coefficient (Wildman–Crippen LogP) is 7.49. The third kappa shape index (κ3) is 5.59. The molecule has 1 N–H and O–H groups in total. The molecule has 0 spiro atoms. The number of ether oxygens (including phenoxy) is 2. The zero-order chi connectivity index (χ0) is 21.7. The average molecular weight is 397 g/mol. The van der Waals surface area contributed by atoms with E-state index in [1.54, 1.807) is 6.07 Å². The highest BCUT2D eigenvalue weighted by atomic mass is 16.5. The molecule has 2 aromatic carbocycles. The lowest BCUT2D eigenvalue weighted by Crippen LogP contribution is -2.22. The first-order chi connectivity index (χ1) is 13.6. The number of rotatable bonds is 10. The van der Waals surface area contributed by atoms with E-state index in [2.05, 4.69) is 64.9 Å². The van der Waals surface area contributed by atoms with Gasteiger partial charge in [0.15, 0.2) is 0 Å². The molecular weight excluding hydrogens is 360 g/mol. The number of hydrogen-bond acceptors (Lipinski definition) is 4. The van der Waals surface area contributed by atoms with Gasteiger partial charge in [-0.3, -0.25) is 0 Å². The molecular formula is C25H36N2O2. The highest BCUT2D eigenvalue weighted by Gasteiger charge is 2.26. The molecule has 0 aliphatic carbocycles. The summed E-state index contributed by atoms with van der Waals surface area (Å²) in [5, 5.41) is 3.49. The van der Waals surface area contributed by atoms with E-state index < -0.39 is 0 Å². The van der Waals surface area contributed by atoms with Crippen molar-refractivity contribution in [2.45, 2.75) is 72.1 Å². The average Bonchev–Trinajstić information content (AvgIpc) is 2.71. The molecule has 0 amide bonds. The summed E-state index contributed by atoms with van der Waals surface area (Å²) in [6, 6.07) is 12.2. The van der Waals surface area contributed by atoms with Crippen molar-refractivity contribution in [1.29, 1.82) is 5.53 Å². The monoisotopic (exact) mass is 396 g/mol. The van der Waals surface area contributed by atoms with Crippen LogP contribution in [0.15, 0.2) is 41.5 Å². The standard InChI is InChI=1S/C25H36N2O2/c1-8-24(4,5)19-10-13-23(21(17-19)25(6,7)9-2)29-15-14-28-20-11-12-22(27-26)18(3)16-20/h10-13,16-17,26H,8-9,14-15H2,1-7H3.